The lowest BCUT2D eigenvalue weighted by atomic mass is 10.1. The quantitative estimate of drug-likeness (QED) is 0.807. The van der Waals surface area contributed by atoms with Gasteiger partial charge in [-0.15, -0.1) is 0 Å². The summed E-state index contributed by atoms with van der Waals surface area (Å²) in [6.45, 7) is 3.39. The van der Waals surface area contributed by atoms with Gasteiger partial charge in [0, 0.05) is 13.0 Å². The van der Waals surface area contributed by atoms with Crippen molar-refractivity contribution in [2.75, 3.05) is 26.4 Å². The number of rotatable bonds is 6. The van der Waals surface area contributed by atoms with Gasteiger partial charge in [-0.05, 0) is 25.5 Å². The average molecular weight is 293 g/mol. The molecule has 1 aliphatic heterocycles. The van der Waals surface area contributed by atoms with E-state index in [1.807, 2.05) is 37.3 Å². The molecular weight excluding hydrogens is 270 g/mol. The number of benzene rings is 1. The number of aliphatic hydroxyl groups excluding tert-OH is 1. The number of carbonyl (C=O) groups is 1. The predicted octanol–water partition coefficient (Wildman–Crippen LogP) is 1.45. The molecule has 2 unspecified atom stereocenters. The number of hydrogen-bond donors (Lipinski definition) is 1. The number of amides is 1. The van der Waals surface area contributed by atoms with Crippen molar-refractivity contribution in [1.82, 2.24) is 4.90 Å². The van der Waals surface area contributed by atoms with Crippen molar-refractivity contribution in [2.24, 2.45) is 0 Å². The summed E-state index contributed by atoms with van der Waals surface area (Å²) in [5.41, 5.74) is 0. The molecule has 0 saturated carbocycles. The summed E-state index contributed by atoms with van der Waals surface area (Å²) < 4.78 is 11.0. The summed E-state index contributed by atoms with van der Waals surface area (Å²) in [6.07, 6.45) is 0.877. The molecule has 5 nitrogen and oxygen atoms in total. The number of morpholine rings is 1. The molecule has 0 bridgehead atoms. The minimum Gasteiger partial charge on any atom is -0.494 e. The van der Waals surface area contributed by atoms with E-state index in [-0.39, 0.29) is 24.7 Å². The van der Waals surface area contributed by atoms with E-state index < -0.39 is 0 Å². The van der Waals surface area contributed by atoms with Gasteiger partial charge in [0.15, 0.2) is 0 Å². The van der Waals surface area contributed by atoms with Crippen LogP contribution >= 0.6 is 0 Å². The van der Waals surface area contributed by atoms with E-state index in [1.165, 1.54) is 0 Å². The maximum Gasteiger partial charge on any atom is 0.223 e. The Labute approximate surface area is 125 Å². The molecule has 1 heterocycles. The zero-order valence-corrected chi connectivity index (χ0v) is 12.4. The Morgan fingerprint density at radius 3 is 2.90 bits per heavy atom. The fourth-order valence-electron chi connectivity index (χ4n) is 2.35. The molecule has 2 atom stereocenters. The minimum absolute atomic E-state index is 0.0480. The first-order valence-electron chi connectivity index (χ1n) is 7.40. The monoisotopic (exact) mass is 293 g/mol. The highest BCUT2D eigenvalue weighted by atomic mass is 16.5. The summed E-state index contributed by atoms with van der Waals surface area (Å²) >= 11 is 0. The number of carbonyl (C=O) groups excluding carboxylic acids is 1. The highest BCUT2D eigenvalue weighted by molar-refractivity contribution is 5.76. The SMILES string of the molecule is CC1COC(CO)CN1C(=O)CCCOc1ccccc1. The van der Waals surface area contributed by atoms with Gasteiger partial charge in [0.25, 0.3) is 0 Å². The number of ether oxygens (including phenoxy) is 2. The van der Waals surface area contributed by atoms with Gasteiger partial charge in [-0.1, -0.05) is 18.2 Å². The van der Waals surface area contributed by atoms with Crippen LogP contribution in [0.1, 0.15) is 19.8 Å². The van der Waals surface area contributed by atoms with E-state index in [0.717, 1.165) is 5.75 Å². The number of para-hydroxylation sites is 1. The maximum atomic E-state index is 12.2. The molecule has 1 amide bonds. The first kappa shape index (κ1) is 15.8. The maximum absolute atomic E-state index is 12.2. The third kappa shape index (κ3) is 4.72. The van der Waals surface area contributed by atoms with E-state index in [4.69, 9.17) is 14.6 Å². The molecule has 116 valence electrons. The van der Waals surface area contributed by atoms with E-state index in [9.17, 15) is 4.79 Å². The van der Waals surface area contributed by atoms with Crippen molar-refractivity contribution in [1.29, 1.82) is 0 Å². The van der Waals surface area contributed by atoms with Crippen LogP contribution in [0.4, 0.5) is 0 Å². The Morgan fingerprint density at radius 2 is 2.19 bits per heavy atom. The zero-order valence-electron chi connectivity index (χ0n) is 12.4. The van der Waals surface area contributed by atoms with Crippen molar-refractivity contribution in [3.05, 3.63) is 30.3 Å². The second-order valence-electron chi connectivity index (χ2n) is 5.30. The standard InChI is InChI=1S/C16H23NO4/c1-13-12-21-15(11-18)10-17(13)16(19)8-5-9-20-14-6-3-2-4-7-14/h2-4,6-7,13,15,18H,5,8-12H2,1H3. The Kier molecular flexibility index (Phi) is 6.02. The van der Waals surface area contributed by atoms with Crippen LogP contribution in [0.3, 0.4) is 0 Å². The van der Waals surface area contributed by atoms with E-state index in [2.05, 4.69) is 0 Å². The Morgan fingerprint density at radius 1 is 1.43 bits per heavy atom. The molecule has 1 saturated heterocycles. The van der Waals surface area contributed by atoms with Crippen LogP contribution in [0.25, 0.3) is 0 Å². The third-order valence-electron chi connectivity index (χ3n) is 3.58. The van der Waals surface area contributed by atoms with Crippen LogP contribution in [0.2, 0.25) is 0 Å². The van der Waals surface area contributed by atoms with Crippen molar-refractivity contribution in [3.63, 3.8) is 0 Å². The molecule has 2 rings (SSSR count). The van der Waals surface area contributed by atoms with Gasteiger partial charge in [0.05, 0.1) is 32.0 Å². The topological polar surface area (TPSA) is 59.0 Å². The molecule has 0 aliphatic carbocycles. The fourth-order valence-corrected chi connectivity index (χ4v) is 2.35. The zero-order chi connectivity index (χ0) is 15.1. The van der Waals surface area contributed by atoms with Gasteiger partial charge < -0.3 is 19.5 Å². The van der Waals surface area contributed by atoms with Gasteiger partial charge in [0.2, 0.25) is 5.91 Å². The molecule has 0 radical (unpaired) electrons. The van der Waals surface area contributed by atoms with Gasteiger partial charge in [-0.2, -0.15) is 0 Å². The molecule has 1 aromatic rings. The van der Waals surface area contributed by atoms with Crippen LogP contribution < -0.4 is 4.74 Å². The molecule has 1 aromatic carbocycles. The number of nitrogens with zero attached hydrogens (tertiary/aromatic N) is 1. The van der Waals surface area contributed by atoms with Crippen LogP contribution in [-0.2, 0) is 9.53 Å². The van der Waals surface area contributed by atoms with E-state index in [1.54, 1.807) is 4.90 Å². The van der Waals surface area contributed by atoms with Gasteiger partial charge in [-0.25, -0.2) is 0 Å². The summed E-state index contributed by atoms with van der Waals surface area (Å²) in [6, 6.07) is 9.65. The fraction of sp³-hybridized carbons (Fsp3) is 0.562. The van der Waals surface area contributed by atoms with Crippen LogP contribution in [0.5, 0.6) is 5.75 Å². The summed E-state index contributed by atoms with van der Waals surface area (Å²) in [7, 11) is 0. The molecule has 5 heteroatoms. The summed E-state index contributed by atoms with van der Waals surface area (Å²) in [4.78, 5) is 14.0. The number of aliphatic hydroxyl groups is 1. The van der Waals surface area contributed by atoms with Crippen LogP contribution in [0.15, 0.2) is 30.3 Å². The van der Waals surface area contributed by atoms with Crippen molar-refractivity contribution in [3.8, 4) is 5.75 Å². The smallest absolute Gasteiger partial charge is 0.223 e. The summed E-state index contributed by atoms with van der Waals surface area (Å²) in [5.74, 6) is 0.922. The van der Waals surface area contributed by atoms with Crippen molar-refractivity contribution in [2.45, 2.75) is 31.9 Å². The number of hydrogen-bond acceptors (Lipinski definition) is 4. The first-order chi connectivity index (χ1) is 10.2. The van der Waals surface area contributed by atoms with E-state index in [0.29, 0.717) is 32.6 Å². The van der Waals surface area contributed by atoms with Crippen molar-refractivity contribution < 1.29 is 19.4 Å². The van der Waals surface area contributed by atoms with Gasteiger partial charge >= 0.3 is 0 Å². The minimum atomic E-state index is -0.259. The second-order valence-corrected chi connectivity index (χ2v) is 5.30. The molecule has 0 spiro atoms. The molecule has 1 N–H and O–H groups in total. The predicted molar refractivity (Wildman–Crippen MR) is 79.2 cm³/mol. The molecule has 1 fully saturated rings. The lowest BCUT2D eigenvalue weighted by Gasteiger charge is -2.37. The Balaban J connectivity index is 1.71. The molecular formula is C16H23NO4. The molecule has 21 heavy (non-hydrogen) atoms. The van der Waals surface area contributed by atoms with Crippen molar-refractivity contribution >= 4 is 5.91 Å². The molecule has 1 aliphatic rings. The second kappa shape index (κ2) is 8.00. The highest BCUT2D eigenvalue weighted by Gasteiger charge is 2.28. The van der Waals surface area contributed by atoms with E-state index >= 15 is 0 Å². The largest absolute Gasteiger partial charge is 0.494 e. The average Bonchev–Trinajstić information content (AvgIpc) is 2.53. The normalized spacial score (nSPS) is 22.1. The Hall–Kier alpha value is -1.59. The lowest BCUT2D eigenvalue weighted by molar-refractivity contribution is -0.146. The van der Waals surface area contributed by atoms with Crippen LogP contribution in [0, 0.1) is 0 Å². The summed E-state index contributed by atoms with van der Waals surface area (Å²) in [5, 5.41) is 9.13. The van der Waals surface area contributed by atoms with Crippen LogP contribution in [-0.4, -0.2) is 54.4 Å². The highest BCUT2D eigenvalue weighted by Crippen LogP contribution is 2.14. The lowest BCUT2D eigenvalue weighted by Crippen LogP contribution is -2.52. The van der Waals surface area contributed by atoms with Gasteiger partial charge in [-0.3, -0.25) is 4.79 Å². The first-order valence-corrected chi connectivity index (χ1v) is 7.40. The Bertz CT molecular complexity index is 437. The van der Waals surface area contributed by atoms with Gasteiger partial charge in [0.1, 0.15) is 5.75 Å². The molecule has 0 aromatic heterocycles. The third-order valence-corrected chi connectivity index (χ3v) is 3.58.